The van der Waals surface area contributed by atoms with Crippen LogP contribution in [0.25, 0.3) is 0 Å². The Morgan fingerprint density at radius 2 is 1.93 bits per heavy atom. The molecule has 4 N–H and O–H groups in total. The molecule has 0 aromatic heterocycles. The van der Waals surface area contributed by atoms with Gasteiger partial charge in [-0.2, -0.15) is 13.2 Å². The van der Waals surface area contributed by atoms with E-state index in [1.807, 2.05) is 0 Å². The second-order valence-corrected chi connectivity index (χ2v) is 3.97. The summed E-state index contributed by atoms with van der Waals surface area (Å²) in [5, 5.41) is 11.1. The van der Waals surface area contributed by atoms with Gasteiger partial charge in [0, 0.05) is 18.5 Å². The fraction of sp³-hybridized carbons (Fsp3) is 0.875. The second-order valence-electron chi connectivity index (χ2n) is 3.97. The van der Waals surface area contributed by atoms with Gasteiger partial charge in [-0.15, -0.1) is 0 Å². The van der Waals surface area contributed by atoms with Crippen molar-refractivity contribution in [1.29, 1.82) is 0 Å². The van der Waals surface area contributed by atoms with Crippen molar-refractivity contribution < 1.29 is 23.1 Å². The van der Waals surface area contributed by atoms with Gasteiger partial charge in [-0.3, -0.25) is 4.79 Å². The third kappa shape index (κ3) is 6.29. The van der Waals surface area contributed by atoms with Crippen LogP contribution in [0.15, 0.2) is 0 Å². The normalized spacial score (nSPS) is 15.1. The van der Waals surface area contributed by atoms with Gasteiger partial charge in [0.15, 0.2) is 6.10 Å². The smallest absolute Gasteiger partial charge is 0.382 e. The van der Waals surface area contributed by atoms with Gasteiger partial charge in [-0.1, -0.05) is 0 Å². The number of hydrogen-bond acceptors (Lipinski definition) is 3. The highest BCUT2D eigenvalue weighted by Gasteiger charge is 2.38. The number of rotatable bonds is 5. The molecule has 90 valence electrons. The maximum atomic E-state index is 11.9. The maximum Gasteiger partial charge on any atom is 0.415 e. The average Bonchev–Trinajstić information content (AvgIpc) is 1.95. The Kier molecular flexibility index (Phi) is 4.54. The zero-order valence-corrected chi connectivity index (χ0v) is 8.56. The van der Waals surface area contributed by atoms with Crippen molar-refractivity contribution in [2.45, 2.75) is 38.1 Å². The molecule has 0 aromatic carbocycles. The number of aliphatic hydroxyl groups excluding tert-OH is 1. The molecule has 4 nitrogen and oxygen atoms in total. The number of nitrogens with two attached hydrogens (primary N) is 1. The van der Waals surface area contributed by atoms with Crippen molar-refractivity contribution in [3.05, 3.63) is 0 Å². The largest absolute Gasteiger partial charge is 0.415 e. The lowest BCUT2D eigenvalue weighted by atomic mass is 10.00. The molecule has 0 rings (SSSR count). The molecule has 0 radical (unpaired) electrons. The van der Waals surface area contributed by atoms with E-state index in [1.54, 1.807) is 0 Å². The number of carbonyl (C=O) groups excluding carboxylic acids is 1. The molecule has 7 heteroatoms. The van der Waals surface area contributed by atoms with Gasteiger partial charge < -0.3 is 16.2 Å². The highest BCUT2D eigenvalue weighted by molar-refractivity contribution is 5.74. The lowest BCUT2D eigenvalue weighted by molar-refractivity contribution is -0.202. The molecule has 0 bridgehead atoms. The van der Waals surface area contributed by atoms with Crippen LogP contribution in [0.2, 0.25) is 0 Å². The summed E-state index contributed by atoms with van der Waals surface area (Å²) in [5.41, 5.74) is 4.04. The van der Waals surface area contributed by atoms with Gasteiger partial charge in [-0.25, -0.2) is 0 Å². The lowest BCUT2D eigenvalue weighted by Crippen LogP contribution is -2.49. The molecule has 0 heterocycles. The number of primary amides is 1. The van der Waals surface area contributed by atoms with E-state index in [9.17, 15) is 18.0 Å². The number of aliphatic hydroxyl groups is 1. The van der Waals surface area contributed by atoms with Gasteiger partial charge in [-0.05, 0) is 13.8 Å². The first-order chi connectivity index (χ1) is 6.54. The fourth-order valence-electron chi connectivity index (χ4n) is 0.987. The monoisotopic (exact) mass is 228 g/mol. The standard InChI is InChI=1S/C8H15F3N2O2/c1-7(2,3-6(12)15)13-4-5(14)8(9,10)11/h5,13-14H,3-4H2,1-2H3,(H2,12,15). The van der Waals surface area contributed by atoms with Gasteiger partial charge in [0.05, 0.1) is 0 Å². The first kappa shape index (κ1) is 14.2. The Labute approximate surface area is 85.6 Å². The van der Waals surface area contributed by atoms with Gasteiger partial charge in [0.25, 0.3) is 0 Å². The van der Waals surface area contributed by atoms with Crippen molar-refractivity contribution >= 4 is 5.91 Å². The van der Waals surface area contributed by atoms with E-state index < -0.39 is 30.3 Å². The van der Waals surface area contributed by atoms with E-state index in [-0.39, 0.29) is 6.42 Å². The summed E-state index contributed by atoms with van der Waals surface area (Å²) in [7, 11) is 0. The van der Waals surface area contributed by atoms with Crippen molar-refractivity contribution in [3.63, 3.8) is 0 Å². The summed E-state index contributed by atoms with van der Waals surface area (Å²) in [6, 6.07) is 0. The quantitative estimate of drug-likeness (QED) is 0.627. The molecule has 0 aliphatic rings. The molecule has 0 aliphatic carbocycles. The number of amides is 1. The SMILES string of the molecule is CC(C)(CC(N)=O)NCC(O)C(F)(F)F. The Morgan fingerprint density at radius 3 is 2.27 bits per heavy atom. The van der Waals surface area contributed by atoms with E-state index in [4.69, 9.17) is 10.8 Å². The number of hydrogen-bond donors (Lipinski definition) is 3. The lowest BCUT2D eigenvalue weighted by Gasteiger charge is -2.27. The number of β-amino-alcohol motifs (C(OH)–C–C–N with tert-alkyl or cyclic N) is 1. The maximum absolute atomic E-state index is 11.9. The summed E-state index contributed by atoms with van der Waals surface area (Å²) in [6.45, 7) is 2.39. The molecule has 15 heavy (non-hydrogen) atoms. The molecule has 0 aliphatic heterocycles. The Hall–Kier alpha value is -0.820. The van der Waals surface area contributed by atoms with Crippen LogP contribution >= 0.6 is 0 Å². The molecule has 0 saturated heterocycles. The topological polar surface area (TPSA) is 75.4 Å². The molecule has 1 amide bonds. The highest BCUT2D eigenvalue weighted by Crippen LogP contribution is 2.20. The first-order valence-electron chi connectivity index (χ1n) is 4.33. The summed E-state index contributed by atoms with van der Waals surface area (Å²) in [6.07, 6.45) is -7.20. The molecule has 1 atom stereocenters. The zero-order chi connectivity index (χ0) is 12.3. The van der Waals surface area contributed by atoms with E-state index in [0.29, 0.717) is 0 Å². The molecule has 0 fully saturated rings. The molecular formula is C8H15F3N2O2. The van der Waals surface area contributed by atoms with E-state index in [2.05, 4.69) is 5.32 Å². The Morgan fingerprint density at radius 1 is 1.47 bits per heavy atom. The molecular weight excluding hydrogens is 213 g/mol. The summed E-state index contributed by atoms with van der Waals surface area (Å²) in [5.74, 6) is -0.617. The minimum atomic E-state index is -4.66. The second kappa shape index (κ2) is 4.80. The van der Waals surface area contributed by atoms with Crippen LogP contribution in [0.5, 0.6) is 0 Å². The first-order valence-corrected chi connectivity index (χ1v) is 4.33. The van der Waals surface area contributed by atoms with Crippen molar-refractivity contribution in [1.82, 2.24) is 5.32 Å². The third-order valence-electron chi connectivity index (χ3n) is 1.77. The molecule has 0 saturated carbocycles. The Bertz CT molecular complexity index is 228. The van der Waals surface area contributed by atoms with Gasteiger partial charge in [0.1, 0.15) is 0 Å². The van der Waals surface area contributed by atoms with Crippen LogP contribution in [0.1, 0.15) is 20.3 Å². The van der Waals surface area contributed by atoms with Crippen molar-refractivity contribution in [2.24, 2.45) is 5.73 Å². The van der Waals surface area contributed by atoms with Crippen LogP contribution in [0.3, 0.4) is 0 Å². The van der Waals surface area contributed by atoms with Crippen LogP contribution in [-0.4, -0.2) is 35.4 Å². The van der Waals surface area contributed by atoms with Crippen molar-refractivity contribution in [3.8, 4) is 0 Å². The number of nitrogens with one attached hydrogen (secondary N) is 1. The number of alkyl halides is 3. The fourth-order valence-corrected chi connectivity index (χ4v) is 0.987. The van der Waals surface area contributed by atoms with Crippen LogP contribution in [-0.2, 0) is 4.79 Å². The molecule has 1 unspecified atom stereocenters. The molecule has 0 aromatic rings. The summed E-state index contributed by atoms with van der Waals surface area (Å²) in [4.78, 5) is 10.6. The van der Waals surface area contributed by atoms with E-state index in [1.165, 1.54) is 13.8 Å². The number of halogens is 3. The van der Waals surface area contributed by atoms with E-state index >= 15 is 0 Å². The predicted octanol–water partition coefficient (Wildman–Crippen LogP) is 0.153. The van der Waals surface area contributed by atoms with E-state index in [0.717, 1.165) is 0 Å². The van der Waals surface area contributed by atoms with Crippen LogP contribution in [0.4, 0.5) is 13.2 Å². The highest BCUT2D eigenvalue weighted by atomic mass is 19.4. The Balaban J connectivity index is 4.09. The average molecular weight is 228 g/mol. The summed E-state index contributed by atoms with van der Waals surface area (Å²) < 4.78 is 35.7. The van der Waals surface area contributed by atoms with Gasteiger partial charge in [0.2, 0.25) is 5.91 Å². The van der Waals surface area contributed by atoms with Crippen LogP contribution in [0, 0.1) is 0 Å². The zero-order valence-electron chi connectivity index (χ0n) is 8.56. The third-order valence-corrected chi connectivity index (χ3v) is 1.77. The minimum Gasteiger partial charge on any atom is -0.382 e. The predicted molar refractivity (Wildman–Crippen MR) is 48.0 cm³/mol. The number of carbonyl (C=O) groups is 1. The minimum absolute atomic E-state index is 0.0996. The van der Waals surface area contributed by atoms with Crippen LogP contribution < -0.4 is 11.1 Å². The molecule has 0 spiro atoms. The van der Waals surface area contributed by atoms with Crippen molar-refractivity contribution in [2.75, 3.05) is 6.54 Å². The summed E-state index contributed by atoms with van der Waals surface area (Å²) >= 11 is 0. The van der Waals surface area contributed by atoms with Gasteiger partial charge >= 0.3 is 6.18 Å².